The molecule has 0 N–H and O–H groups in total. The number of amides is 1. The molecule has 0 aromatic carbocycles. The Morgan fingerprint density at radius 2 is 1.91 bits per heavy atom. The summed E-state index contributed by atoms with van der Waals surface area (Å²) >= 11 is 0. The molecule has 0 spiro atoms. The van der Waals surface area contributed by atoms with E-state index in [9.17, 15) is 4.79 Å². The minimum Gasteiger partial charge on any atom is -0.367 e. The summed E-state index contributed by atoms with van der Waals surface area (Å²) in [4.78, 5) is 12.1. The van der Waals surface area contributed by atoms with E-state index in [1.54, 1.807) is 11.2 Å². The highest BCUT2D eigenvalue weighted by Crippen LogP contribution is 1.92. The zero-order valence-corrected chi connectivity index (χ0v) is 7.48. The fraction of sp³-hybridized carbons (Fsp3) is 0.714. The van der Waals surface area contributed by atoms with Gasteiger partial charge in [0.05, 0.1) is 0 Å². The van der Waals surface area contributed by atoms with Crippen LogP contribution in [0.25, 0.3) is 0 Å². The average Bonchev–Trinajstić information content (AvgIpc) is 1.87. The van der Waals surface area contributed by atoms with Crippen LogP contribution < -0.4 is 0 Å². The molecule has 0 radical (unpaired) electrons. The minimum absolute atomic E-state index is 0.115. The fourth-order valence-electron chi connectivity index (χ4n) is 0.445. The zero-order valence-electron chi connectivity index (χ0n) is 7.48. The van der Waals surface area contributed by atoms with Crippen LogP contribution in [0.4, 0.5) is 0 Å². The SMILES string of the molecule is CC(C)N(C=O)/N=C/N(C)C. The van der Waals surface area contributed by atoms with Crippen LogP contribution in [0, 0.1) is 0 Å². The molecular formula is C7H15N3O. The first-order valence-corrected chi connectivity index (χ1v) is 3.52. The number of carbonyl (C=O) groups is 1. The standard InChI is InChI=1S/C7H15N3O/c1-7(2)10(6-11)8-5-9(3)4/h5-7H,1-4H3/b8-5+. The molecule has 0 unspecified atom stereocenters. The molecule has 0 aromatic rings. The van der Waals surface area contributed by atoms with Gasteiger partial charge < -0.3 is 4.90 Å². The van der Waals surface area contributed by atoms with Gasteiger partial charge in [-0.2, -0.15) is 5.10 Å². The van der Waals surface area contributed by atoms with E-state index >= 15 is 0 Å². The van der Waals surface area contributed by atoms with Crippen molar-refractivity contribution in [1.82, 2.24) is 9.91 Å². The Bertz CT molecular complexity index is 143. The molecule has 0 rings (SSSR count). The quantitative estimate of drug-likeness (QED) is 0.255. The van der Waals surface area contributed by atoms with Crippen molar-refractivity contribution in [2.24, 2.45) is 5.10 Å². The van der Waals surface area contributed by atoms with Crippen LogP contribution in [0.2, 0.25) is 0 Å². The maximum Gasteiger partial charge on any atom is 0.230 e. The van der Waals surface area contributed by atoms with Crippen molar-refractivity contribution in [3.63, 3.8) is 0 Å². The lowest BCUT2D eigenvalue weighted by Crippen LogP contribution is -2.25. The Morgan fingerprint density at radius 3 is 2.18 bits per heavy atom. The van der Waals surface area contributed by atoms with E-state index in [1.807, 2.05) is 27.9 Å². The van der Waals surface area contributed by atoms with E-state index in [0.717, 1.165) is 0 Å². The molecule has 0 bridgehead atoms. The van der Waals surface area contributed by atoms with Crippen LogP contribution in [0.5, 0.6) is 0 Å². The molecule has 1 amide bonds. The number of rotatable bonds is 4. The lowest BCUT2D eigenvalue weighted by molar-refractivity contribution is -0.119. The summed E-state index contributed by atoms with van der Waals surface area (Å²) in [6.45, 7) is 3.81. The highest BCUT2D eigenvalue weighted by molar-refractivity contribution is 5.57. The van der Waals surface area contributed by atoms with Gasteiger partial charge in [0.15, 0.2) is 0 Å². The Hall–Kier alpha value is -1.06. The van der Waals surface area contributed by atoms with E-state index in [2.05, 4.69) is 5.10 Å². The summed E-state index contributed by atoms with van der Waals surface area (Å²) in [6, 6.07) is 0.115. The molecule has 0 saturated heterocycles. The third kappa shape index (κ3) is 4.36. The Balaban J connectivity index is 3.97. The third-order valence-electron chi connectivity index (χ3n) is 1.05. The predicted molar refractivity (Wildman–Crippen MR) is 45.2 cm³/mol. The van der Waals surface area contributed by atoms with Crippen molar-refractivity contribution in [2.75, 3.05) is 14.1 Å². The van der Waals surface area contributed by atoms with Crippen molar-refractivity contribution in [2.45, 2.75) is 19.9 Å². The predicted octanol–water partition coefficient (Wildman–Crippen LogP) is 0.358. The van der Waals surface area contributed by atoms with Gasteiger partial charge in [0, 0.05) is 20.1 Å². The lowest BCUT2D eigenvalue weighted by Gasteiger charge is -2.15. The second-order valence-electron chi connectivity index (χ2n) is 2.77. The van der Waals surface area contributed by atoms with Gasteiger partial charge in [-0.25, -0.2) is 5.01 Å². The number of hydrazone groups is 1. The number of carbonyl (C=O) groups excluding carboxylic acids is 1. The molecule has 0 fully saturated rings. The minimum atomic E-state index is 0.115. The summed E-state index contributed by atoms with van der Waals surface area (Å²) in [5.74, 6) is 0. The summed E-state index contributed by atoms with van der Waals surface area (Å²) in [5, 5.41) is 5.27. The first kappa shape index (κ1) is 9.94. The van der Waals surface area contributed by atoms with Crippen LogP contribution in [-0.2, 0) is 4.79 Å². The molecule has 0 heterocycles. The molecule has 11 heavy (non-hydrogen) atoms. The highest BCUT2D eigenvalue weighted by Gasteiger charge is 2.01. The zero-order chi connectivity index (χ0) is 8.85. The molecule has 4 nitrogen and oxygen atoms in total. The maximum atomic E-state index is 10.4. The number of hydrogen-bond acceptors (Lipinski definition) is 2. The molecule has 4 heteroatoms. The summed E-state index contributed by atoms with van der Waals surface area (Å²) in [7, 11) is 3.71. The molecule has 0 atom stereocenters. The van der Waals surface area contributed by atoms with Gasteiger partial charge >= 0.3 is 0 Å². The number of nitrogens with zero attached hydrogens (tertiary/aromatic N) is 3. The van der Waals surface area contributed by atoms with Crippen molar-refractivity contribution < 1.29 is 4.79 Å². The monoisotopic (exact) mass is 157 g/mol. The van der Waals surface area contributed by atoms with Crippen LogP contribution in [0.1, 0.15) is 13.8 Å². The van der Waals surface area contributed by atoms with Gasteiger partial charge in [0.1, 0.15) is 6.34 Å². The van der Waals surface area contributed by atoms with Crippen molar-refractivity contribution in [3.8, 4) is 0 Å². The summed E-state index contributed by atoms with van der Waals surface area (Å²) in [6.07, 6.45) is 2.30. The Morgan fingerprint density at radius 1 is 1.36 bits per heavy atom. The first-order chi connectivity index (χ1) is 5.07. The smallest absolute Gasteiger partial charge is 0.230 e. The third-order valence-corrected chi connectivity index (χ3v) is 1.05. The normalized spacial score (nSPS) is 10.6. The highest BCUT2D eigenvalue weighted by atomic mass is 16.1. The summed E-state index contributed by atoms with van der Waals surface area (Å²) < 4.78 is 0. The molecule has 64 valence electrons. The second-order valence-corrected chi connectivity index (χ2v) is 2.77. The topological polar surface area (TPSA) is 35.9 Å². The van der Waals surface area contributed by atoms with Gasteiger partial charge in [-0.05, 0) is 13.8 Å². The van der Waals surface area contributed by atoms with Crippen molar-refractivity contribution >= 4 is 12.7 Å². The van der Waals surface area contributed by atoms with E-state index < -0.39 is 0 Å². The van der Waals surface area contributed by atoms with Crippen LogP contribution in [-0.4, -0.2) is 42.8 Å². The van der Waals surface area contributed by atoms with Gasteiger partial charge in [0.25, 0.3) is 0 Å². The Kier molecular flexibility index (Phi) is 4.26. The van der Waals surface area contributed by atoms with Gasteiger partial charge in [-0.3, -0.25) is 4.79 Å². The van der Waals surface area contributed by atoms with Crippen LogP contribution >= 0.6 is 0 Å². The van der Waals surface area contributed by atoms with Gasteiger partial charge in [0.2, 0.25) is 6.41 Å². The molecule has 0 aliphatic heterocycles. The first-order valence-electron chi connectivity index (χ1n) is 3.52. The van der Waals surface area contributed by atoms with E-state index in [1.165, 1.54) is 5.01 Å². The van der Waals surface area contributed by atoms with Crippen LogP contribution in [0.15, 0.2) is 5.10 Å². The number of hydrogen-bond donors (Lipinski definition) is 0. The molecule has 0 aliphatic carbocycles. The van der Waals surface area contributed by atoms with E-state index in [0.29, 0.717) is 6.41 Å². The molecule has 0 saturated carbocycles. The van der Waals surface area contributed by atoms with Crippen molar-refractivity contribution in [3.05, 3.63) is 0 Å². The van der Waals surface area contributed by atoms with Gasteiger partial charge in [-0.1, -0.05) is 0 Å². The van der Waals surface area contributed by atoms with Crippen LogP contribution in [0.3, 0.4) is 0 Å². The molecular weight excluding hydrogens is 142 g/mol. The lowest BCUT2D eigenvalue weighted by atomic mass is 10.4. The fourth-order valence-corrected chi connectivity index (χ4v) is 0.445. The second kappa shape index (κ2) is 4.71. The maximum absolute atomic E-state index is 10.4. The summed E-state index contributed by atoms with van der Waals surface area (Å²) in [5.41, 5.74) is 0. The van der Waals surface area contributed by atoms with Crippen molar-refractivity contribution in [1.29, 1.82) is 0 Å². The molecule has 0 aromatic heterocycles. The van der Waals surface area contributed by atoms with E-state index in [-0.39, 0.29) is 6.04 Å². The van der Waals surface area contributed by atoms with E-state index in [4.69, 9.17) is 0 Å². The van der Waals surface area contributed by atoms with Gasteiger partial charge in [-0.15, -0.1) is 0 Å². The largest absolute Gasteiger partial charge is 0.367 e. The average molecular weight is 157 g/mol. The molecule has 0 aliphatic rings. The Labute approximate surface area is 67.5 Å².